The minimum Gasteiger partial charge on any atom is -0.508 e. The number of phenolic OH excluding ortho intramolecular Hbond substituents is 1. The van der Waals surface area contributed by atoms with Gasteiger partial charge < -0.3 is 10.4 Å². The molecule has 1 heterocycles. The van der Waals surface area contributed by atoms with Crippen molar-refractivity contribution in [3.63, 3.8) is 0 Å². The Morgan fingerprint density at radius 1 is 1.47 bits per heavy atom. The molecule has 0 unspecified atom stereocenters. The van der Waals surface area contributed by atoms with Crippen LogP contribution in [0.1, 0.15) is 11.3 Å². The highest BCUT2D eigenvalue weighted by molar-refractivity contribution is 7.07. The average Bonchev–Trinajstić information content (AvgIpc) is 2.69. The van der Waals surface area contributed by atoms with Crippen molar-refractivity contribution in [2.45, 2.75) is 13.5 Å². The van der Waals surface area contributed by atoms with E-state index in [1.807, 2.05) is 23.9 Å². The molecule has 2 aromatic rings. The molecule has 0 spiro atoms. The maximum absolute atomic E-state index is 9.25. The number of thiazole rings is 1. The lowest BCUT2D eigenvalue weighted by molar-refractivity contribution is 0.475. The zero-order chi connectivity index (χ0) is 10.7. The van der Waals surface area contributed by atoms with Gasteiger partial charge in [0.05, 0.1) is 17.7 Å². The first kappa shape index (κ1) is 9.98. The number of anilines is 1. The van der Waals surface area contributed by atoms with Crippen molar-refractivity contribution < 1.29 is 5.11 Å². The van der Waals surface area contributed by atoms with Crippen molar-refractivity contribution in [1.82, 2.24) is 4.98 Å². The second kappa shape index (κ2) is 4.31. The summed E-state index contributed by atoms with van der Waals surface area (Å²) in [5, 5.41) is 14.5. The highest BCUT2D eigenvalue weighted by Gasteiger charge is 1.99. The van der Waals surface area contributed by atoms with E-state index in [1.54, 1.807) is 23.5 Å². The molecule has 0 aliphatic rings. The molecule has 0 aliphatic heterocycles. The molecule has 0 saturated heterocycles. The van der Waals surface area contributed by atoms with Crippen LogP contribution in [0.3, 0.4) is 0 Å². The van der Waals surface area contributed by atoms with Gasteiger partial charge in [-0.25, -0.2) is 4.98 Å². The lowest BCUT2D eigenvalue weighted by atomic mass is 10.2. The van der Waals surface area contributed by atoms with E-state index in [0.29, 0.717) is 5.75 Å². The molecule has 1 aromatic heterocycles. The number of hydrogen-bond acceptors (Lipinski definition) is 4. The van der Waals surface area contributed by atoms with E-state index in [-0.39, 0.29) is 0 Å². The van der Waals surface area contributed by atoms with Crippen molar-refractivity contribution in [1.29, 1.82) is 0 Å². The molecule has 4 heteroatoms. The molecule has 1 aromatic carbocycles. The predicted molar refractivity (Wildman–Crippen MR) is 62.3 cm³/mol. The van der Waals surface area contributed by atoms with Gasteiger partial charge in [0.1, 0.15) is 5.75 Å². The van der Waals surface area contributed by atoms with Crippen LogP contribution >= 0.6 is 11.3 Å². The number of nitrogens with zero attached hydrogens (tertiary/aromatic N) is 1. The van der Waals surface area contributed by atoms with Gasteiger partial charge in [-0.3, -0.25) is 0 Å². The number of aromatic nitrogens is 1. The lowest BCUT2D eigenvalue weighted by Crippen LogP contribution is -2.00. The van der Waals surface area contributed by atoms with Gasteiger partial charge in [-0.05, 0) is 30.7 Å². The molecule has 15 heavy (non-hydrogen) atoms. The highest BCUT2D eigenvalue weighted by atomic mass is 32.1. The first-order chi connectivity index (χ1) is 7.25. The van der Waals surface area contributed by atoms with Crippen molar-refractivity contribution >= 4 is 17.0 Å². The molecule has 0 fully saturated rings. The van der Waals surface area contributed by atoms with E-state index in [2.05, 4.69) is 10.3 Å². The van der Waals surface area contributed by atoms with E-state index >= 15 is 0 Å². The fraction of sp³-hybridized carbons (Fsp3) is 0.182. The first-order valence-electron chi connectivity index (χ1n) is 4.66. The van der Waals surface area contributed by atoms with Crippen molar-refractivity contribution in [3.8, 4) is 5.75 Å². The Morgan fingerprint density at radius 3 is 3.00 bits per heavy atom. The van der Waals surface area contributed by atoms with Crippen LogP contribution in [-0.2, 0) is 6.54 Å². The summed E-state index contributed by atoms with van der Waals surface area (Å²) in [6, 6.07) is 5.29. The topological polar surface area (TPSA) is 45.1 Å². The minimum absolute atomic E-state index is 0.298. The number of benzene rings is 1. The highest BCUT2D eigenvalue weighted by Crippen LogP contribution is 2.20. The standard InChI is InChI=1S/C11H12N2OS/c1-8-4-10(14)2-3-11(8)12-5-9-6-15-7-13-9/h2-4,6-7,12,14H,5H2,1H3. The van der Waals surface area contributed by atoms with Gasteiger partial charge in [0.25, 0.3) is 0 Å². The number of aryl methyl sites for hydroxylation is 1. The normalized spacial score (nSPS) is 10.2. The smallest absolute Gasteiger partial charge is 0.115 e. The predicted octanol–water partition coefficient (Wildman–Crippen LogP) is 2.77. The Hall–Kier alpha value is -1.55. The van der Waals surface area contributed by atoms with Gasteiger partial charge in [-0.2, -0.15) is 0 Å². The Balaban J connectivity index is 2.05. The second-order valence-electron chi connectivity index (χ2n) is 3.33. The Labute approximate surface area is 92.4 Å². The van der Waals surface area contributed by atoms with Gasteiger partial charge in [0, 0.05) is 11.1 Å². The molecular formula is C11H12N2OS. The van der Waals surface area contributed by atoms with E-state index in [9.17, 15) is 5.11 Å². The van der Waals surface area contributed by atoms with Crippen molar-refractivity contribution in [2.75, 3.05) is 5.32 Å². The second-order valence-corrected chi connectivity index (χ2v) is 4.05. The van der Waals surface area contributed by atoms with Crippen LogP contribution in [-0.4, -0.2) is 10.1 Å². The van der Waals surface area contributed by atoms with Gasteiger partial charge in [0.15, 0.2) is 0 Å². The van der Waals surface area contributed by atoms with Crippen LogP contribution in [0.2, 0.25) is 0 Å². The maximum atomic E-state index is 9.25. The number of nitrogens with one attached hydrogen (secondary N) is 1. The zero-order valence-corrected chi connectivity index (χ0v) is 9.21. The van der Waals surface area contributed by atoms with Crippen LogP contribution < -0.4 is 5.32 Å². The number of phenols is 1. The van der Waals surface area contributed by atoms with Crippen LogP contribution in [0.15, 0.2) is 29.1 Å². The molecular weight excluding hydrogens is 208 g/mol. The summed E-state index contributed by atoms with van der Waals surface area (Å²) in [4.78, 5) is 4.19. The van der Waals surface area contributed by atoms with Crippen molar-refractivity contribution in [2.24, 2.45) is 0 Å². The Kier molecular flexibility index (Phi) is 2.87. The van der Waals surface area contributed by atoms with Gasteiger partial charge in [-0.1, -0.05) is 0 Å². The Morgan fingerprint density at radius 2 is 2.33 bits per heavy atom. The van der Waals surface area contributed by atoms with E-state index in [0.717, 1.165) is 23.5 Å². The average molecular weight is 220 g/mol. The fourth-order valence-electron chi connectivity index (χ4n) is 1.36. The fourth-order valence-corrected chi connectivity index (χ4v) is 1.92. The zero-order valence-electron chi connectivity index (χ0n) is 8.40. The minimum atomic E-state index is 0.298. The lowest BCUT2D eigenvalue weighted by Gasteiger charge is -2.08. The number of hydrogen-bond donors (Lipinski definition) is 2. The summed E-state index contributed by atoms with van der Waals surface area (Å²) in [7, 11) is 0. The molecule has 0 atom stereocenters. The molecule has 3 nitrogen and oxygen atoms in total. The molecule has 0 amide bonds. The van der Waals surface area contributed by atoms with Crippen LogP contribution in [0.25, 0.3) is 0 Å². The van der Waals surface area contributed by atoms with Gasteiger partial charge in [-0.15, -0.1) is 11.3 Å². The molecule has 0 bridgehead atoms. The third kappa shape index (κ3) is 2.47. The van der Waals surface area contributed by atoms with Crippen molar-refractivity contribution in [3.05, 3.63) is 40.3 Å². The summed E-state index contributed by atoms with van der Waals surface area (Å²) in [6.07, 6.45) is 0. The number of rotatable bonds is 3. The molecule has 0 radical (unpaired) electrons. The number of aromatic hydroxyl groups is 1. The summed E-state index contributed by atoms with van der Waals surface area (Å²) in [5.41, 5.74) is 4.92. The quantitative estimate of drug-likeness (QED) is 0.782. The molecule has 78 valence electrons. The van der Waals surface area contributed by atoms with Crippen LogP contribution in [0, 0.1) is 6.92 Å². The maximum Gasteiger partial charge on any atom is 0.115 e. The molecule has 2 N–H and O–H groups in total. The molecule has 0 saturated carbocycles. The first-order valence-corrected chi connectivity index (χ1v) is 5.60. The Bertz CT molecular complexity index is 440. The third-order valence-electron chi connectivity index (χ3n) is 2.15. The summed E-state index contributed by atoms with van der Waals surface area (Å²) in [5.74, 6) is 0.298. The summed E-state index contributed by atoms with van der Waals surface area (Å²) >= 11 is 1.59. The van der Waals surface area contributed by atoms with Gasteiger partial charge in [0.2, 0.25) is 0 Å². The van der Waals surface area contributed by atoms with E-state index in [1.165, 1.54) is 0 Å². The summed E-state index contributed by atoms with van der Waals surface area (Å²) < 4.78 is 0. The van der Waals surface area contributed by atoms with Crippen LogP contribution in [0.4, 0.5) is 5.69 Å². The summed E-state index contributed by atoms with van der Waals surface area (Å²) in [6.45, 7) is 2.68. The van der Waals surface area contributed by atoms with Gasteiger partial charge >= 0.3 is 0 Å². The van der Waals surface area contributed by atoms with Crippen LogP contribution in [0.5, 0.6) is 5.75 Å². The SMILES string of the molecule is Cc1cc(O)ccc1NCc1cscn1. The third-order valence-corrected chi connectivity index (χ3v) is 2.79. The molecule has 2 rings (SSSR count). The largest absolute Gasteiger partial charge is 0.508 e. The van der Waals surface area contributed by atoms with E-state index < -0.39 is 0 Å². The van der Waals surface area contributed by atoms with E-state index in [4.69, 9.17) is 0 Å². The molecule has 0 aliphatic carbocycles. The monoisotopic (exact) mass is 220 g/mol.